The Balaban J connectivity index is 1.64. The minimum Gasteiger partial charge on any atom is -0.494 e. The van der Waals surface area contributed by atoms with Crippen molar-refractivity contribution in [2.75, 3.05) is 24.8 Å². The summed E-state index contributed by atoms with van der Waals surface area (Å²) in [5.41, 5.74) is 2.26. The van der Waals surface area contributed by atoms with Crippen molar-refractivity contribution in [3.8, 4) is 17.0 Å². The van der Waals surface area contributed by atoms with E-state index < -0.39 is 11.3 Å². The first-order valence-corrected chi connectivity index (χ1v) is 12.7. The third-order valence-electron chi connectivity index (χ3n) is 5.70. The Morgan fingerprint density at radius 1 is 0.976 bits per heavy atom. The molecule has 0 fully saturated rings. The zero-order chi connectivity index (χ0) is 29.7. The highest BCUT2D eigenvalue weighted by Gasteiger charge is 2.23. The van der Waals surface area contributed by atoms with Crippen molar-refractivity contribution in [3.63, 3.8) is 0 Å². The smallest absolute Gasteiger partial charge is 0.313 e. The first kappa shape index (κ1) is 28.9. The molecule has 0 unspecified atom stereocenters. The highest BCUT2D eigenvalue weighted by Crippen LogP contribution is 2.37. The van der Waals surface area contributed by atoms with Crippen LogP contribution >= 0.6 is 0 Å². The van der Waals surface area contributed by atoms with Gasteiger partial charge in [-0.05, 0) is 46.8 Å². The molecule has 1 aromatic carbocycles. The van der Waals surface area contributed by atoms with Crippen LogP contribution < -0.4 is 20.7 Å². The highest BCUT2D eigenvalue weighted by molar-refractivity contribution is 5.99. The van der Waals surface area contributed by atoms with Crippen LogP contribution in [0.1, 0.15) is 42.8 Å². The standard InChI is InChI=1S/C27H32N10O4/c1-15-11-21(30-16(2)29-15)32-22-12-19(23(35-34-22)25(38)28-6)31-18-10-8-9-17(24(18)40-7)20-13-37(36-33-20)14-41-26(39)27(3,4)5/h8-13H,14H2,1-7H3,(H,28,38)(H2,29,30,31,32,34). The number of aromatic nitrogens is 7. The maximum atomic E-state index is 12.6. The van der Waals surface area contributed by atoms with E-state index in [9.17, 15) is 9.59 Å². The second-order valence-electron chi connectivity index (χ2n) is 10.1. The number of methoxy groups -OCH3 is 1. The number of amides is 1. The van der Waals surface area contributed by atoms with Crippen LogP contribution in [-0.2, 0) is 16.3 Å². The van der Waals surface area contributed by atoms with Gasteiger partial charge >= 0.3 is 5.97 Å². The Hall–Kier alpha value is -5.14. The maximum Gasteiger partial charge on any atom is 0.313 e. The molecule has 3 aromatic heterocycles. The van der Waals surface area contributed by atoms with Crippen molar-refractivity contribution in [2.24, 2.45) is 5.41 Å². The fourth-order valence-electron chi connectivity index (χ4n) is 3.77. The van der Waals surface area contributed by atoms with Gasteiger partial charge in [-0.2, -0.15) is 0 Å². The number of nitrogens with one attached hydrogen (secondary N) is 3. The lowest BCUT2D eigenvalue weighted by Gasteiger charge is -2.16. The summed E-state index contributed by atoms with van der Waals surface area (Å²) in [6.45, 7) is 8.90. The summed E-state index contributed by atoms with van der Waals surface area (Å²) in [6.07, 6.45) is 1.65. The predicted molar refractivity (Wildman–Crippen MR) is 151 cm³/mol. The van der Waals surface area contributed by atoms with E-state index in [1.54, 1.807) is 58.2 Å². The molecule has 214 valence electrons. The normalized spacial score (nSPS) is 11.1. The molecule has 0 aliphatic rings. The van der Waals surface area contributed by atoms with Crippen LogP contribution in [0.4, 0.5) is 23.0 Å². The predicted octanol–water partition coefficient (Wildman–Crippen LogP) is 3.54. The molecule has 0 aliphatic heterocycles. The van der Waals surface area contributed by atoms with Crippen molar-refractivity contribution >= 4 is 34.9 Å². The average molecular weight is 561 g/mol. The minimum atomic E-state index is -0.635. The van der Waals surface area contributed by atoms with Gasteiger partial charge in [-0.1, -0.05) is 11.3 Å². The average Bonchev–Trinajstić information content (AvgIpc) is 3.39. The van der Waals surface area contributed by atoms with Gasteiger partial charge in [0.1, 0.15) is 17.3 Å². The van der Waals surface area contributed by atoms with Crippen molar-refractivity contribution in [2.45, 2.75) is 41.3 Å². The molecule has 14 heteroatoms. The molecule has 0 atom stereocenters. The summed E-state index contributed by atoms with van der Waals surface area (Å²) < 4.78 is 12.5. The molecule has 41 heavy (non-hydrogen) atoms. The SMILES string of the molecule is CNC(=O)c1nnc(Nc2cc(C)nc(C)n2)cc1Nc1cccc(-c2cn(COC(=O)C(C)(C)C)nn2)c1OC. The molecule has 0 saturated carbocycles. The molecule has 3 heterocycles. The van der Waals surface area contributed by atoms with Crippen LogP contribution in [0.3, 0.4) is 0 Å². The summed E-state index contributed by atoms with van der Waals surface area (Å²) >= 11 is 0. The molecule has 4 aromatic rings. The topological polar surface area (TPSA) is 171 Å². The van der Waals surface area contributed by atoms with E-state index >= 15 is 0 Å². The second-order valence-corrected chi connectivity index (χ2v) is 10.1. The molecular weight excluding hydrogens is 528 g/mol. The van der Waals surface area contributed by atoms with E-state index in [0.29, 0.717) is 45.8 Å². The van der Waals surface area contributed by atoms with Gasteiger partial charge in [0.05, 0.1) is 30.1 Å². The Labute approximate surface area is 236 Å². The number of rotatable bonds is 9. The number of para-hydroxylation sites is 1. The molecule has 0 radical (unpaired) electrons. The van der Waals surface area contributed by atoms with E-state index in [-0.39, 0.29) is 18.4 Å². The molecule has 3 N–H and O–H groups in total. The van der Waals surface area contributed by atoms with Crippen molar-refractivity contribution in [1.29, 1.82) is 0 Å². The Kier molecular flexibility index (Phi) is 8.40. The van der Waals surface area contributed by atoms with Gasteiger partial charge in [0, 0.05) is 30.4 Å². The molecule has 4 rings (SSSR count). The monoisotopic (exact) mass is 560 g/mol. The molecular formula is C27H32N10O4. The van der Waals surface area contributed by atoms with E-state index in [1.807, 2.05) is 13.0 Å². The van der Waals surface area contributed by atoms with Crippen LogP contribution in [0.5, 0.6) is 5.75 Å². The van der Waals surface area contributed by atoms with Crippen LogP contribution in [0.25, 0.3) is 11.3 Å². The molecule has 0 spiro atoms. The van der Waals surface area contributed by atoms with Crippen molar-refractivity contribution in [3.05, 3.63) is 53.7 Å². The molecule has 0 aliphatic carbocycles. The van der Waals surface area contributed by atoms with Crippen molar-refractivity contribution < 1.29 is 19.1 Å². The number of hydrogen-bond donors (Lipinski definition) is 3. The van der Waals surface area contributed by atoms with Crippen LogP contribution in [0.15, 0.2) is 36.5 Å². The summed E-state index contributed by atoms with van der Waals surface area (Å²) in [7, 11) is 3.03. The minimum absolute atomic E-state index is 0.0761. The number of esters is 1. The van der Waals surface area contributed by atoms with E-state index in [2.05, 4.69) is 46.4 Å². The Morgan fingerprint density at radius 2 is 1.76 bits per heavy atom. The number of carbonyl (C=O) groups excluding carboxylic acids is 2. The summed E-state index contributed by atoms with van der Waals surface area (Å²) in [6, 6.07) is 8.83. The second kappa shape index (κ2) is 11.9. The first-order valence-electron chi connectivity index (χ1n) is 12.7. The molecule has 0 bridgehead atoms. The van der Waals surface area contributed by atoms with Crippen LogP contribution in [0.2, 0.25) is 0 Å². The quantitative estimate of drug-likeness (QED) is 0.255. The van der Waals surface area contributed by atoms with Crippen molar-refractivity contribution in [1.82, 2.24) is 40.5 Å². The fraction of sp³-hybridized carbons (Fsp3) is 0.333. The number of carbonyl (C=O) groups is 2. The number of hydrogen-bond acceptors (Lipinski definition) is 12. The third-order valence-corrected chi connectivity index (χ3v) is 5.70. The lowest BCUT2D eigenvalue weighted by Crippen LogP contribution is -2.24. The lowest BCUT2D eigenvalue weighted by molar-refractivity contribution is -0.157. The number of benzene rings is 1. The van der Waals surface area contributed by atoms with Crippen LogP contribution in [0, 0.1) is 19.3 Å². The van der Waals surface area contributed by atoms with Crippen LogP contribution in [-0.4, -0.2) is 61.2 Å². The van der Waals surface area contributed by atoms with Gasteiger partial charge in [0.25, 0.3) is 5.91 Å². The summed E-state index contributed by atoms with van der Waals surface area (Å²) in [5.74, 6) is 1.17. The van der Waals surface area contributed by atoms with Gasteiger partial charge in [-0.3, -0.25) is 9.59 Å². The van der Waals surface area contributed by atoms with Gasteiger partial charge in [0.15, 0.2) is 24.0 Å². The molecule has 0 saturated heterocycles. The molecule has 1 amide bonds. The highest BCUT2D eigenvalue weighted by atomic mass is 16.5. The lowest BCUT2D eigenvalue weighted by atomic mass is 9.98. The molecule has 14 nitrogen and oxygen atoms in total. The fourth-order valence-corrected chi connectivity index (χ4v) is 3.77. The van der Waals surface area contributed by atoms with E-state index in [4.69, 9.17) is 9.47 Å². The number of ether oxygens (including phenoxy) is 2. The Bertz CT molecular complexity index is 1560. The van der Waals surface area contributed by atoms with Gasteiger partial charge in [-0.25, -0.2) is 14.6 Å². The maximum absolute atomic E-state index is 12.6. The Morgan fingerprint density at radius 3 is 2.44 bits per heavy atom. The van der Waals surface area contributed by atoms with Gasteiger partial charge in [0.2, 0.25) is 0 Å². The number of aryl methyl sites for hydroxylation is 2. The van der Waals surface area contributed by atoms with E-state index in [0.717, 1.165) is 5.69 Å². The summed E-state index contributed by atoms with van der Waals surface area (Å²) in [5, 5.41) is 25.5. The summed E-state index contributed by atoms with van der Waals surface area (Å²) in [4.78, 5) is 33.4. The zero-order valence-electron chi connectivity index (χ0n) is 23.9. The van der Waals surface area contributed by atoms with Gasteiger partial charge in [-0.15, -0.1) is 15.3 Å². The van der Waals surface area contributed by atoms with E-state index in [1.165, 1.54) is 18.8 Å². The van der Waals surface area contributed by atoms with Gasteiger partial charge < -0.3 is 25.4 Å². The largest absolute Gasteiger partial charge is 0.494 e. The number of nitrogens with zero attached hydrogens (tertiary/aromatic N) is 7. The number of anilines is 4. The third kappa shape index (κ3) is 6.90. The zero-order valence-corrected chi connectivity index (χ0v) is 23.9. The first-order chi connectivity index (χ1) is 19.5.